The number of ether oxygens (including phenoxy) is 1. The van der Waals surface area contributed by atoms with E-state index in [2.05, 4.69) is 10.6 Å². The summed E-state index contributed by atoms with van der Waals surface area (Å²) in [6.45, 7) is 0.380. The lowest BCUT2D eigenvalue weighted by molar-refractivity contribution is 0.243. The van der Waals surface area contributed by atoms with Gasteiger partial charge in [-0.3, -0.25) is 0 Å². The number of methoxy groups -OCH3 is 1. The van der Waals surface area contributed by atoms with Crippen LogP contribution in [0, 0.1) is 5.82 Å². The van der Waals surface area contributed by atoms with Crippen LogP contribution in [0.25, 0.3) is 0 Å². The van der Waals surface area contributed by atoms with E-state index in [-0.39, 0.29) is 11.1 Å². The molecule has 134 valence electrons. The molecule has 5 nitrogen and oxygen atoms in total. The lowest BCUT2D eigenvalue weighted by atomic mass is 10.1. The van der Waals surface area contributed by atoms with Crippen molar-refractivity contribution < 1.29 is 13.9 Å². The Morgan fingerprint density at radius 1 is 1.28 bits per heavy atom. The fourth-order valence-electron chi connectivity index (χ4n) is 2.39. The van der Waals surface area contributed by atoms with Crippen molar-refractivity contribution in [1.29, 1.82) is 0 Å². The molecule has 0 radical (unpaired) electrons. The van der Waals surface area contributed by atoms with Gasteiger partial charge in [0, 0.05) is 6.54 Å². The van der Waals surface area contributed by atoms with Crippen LogP contribution in [0.15, 0.2) is 42.5 Å². The maximum Gasteiger partial charge on any atom is 0.319 e. The van der Waals surface area contributed by atoms with Gasteiger partial charge in [0.05, 0.1) is 23.9 Å². The highest BCUT2D eigenvalue weighted by Crippen LogP contribution is 2.23. The van der Waals surface area contributed by atoms with Gasteiger partial charge in [-0.1, -0.05) is 23.7 Å². The van der Waals surface area contributed by atoms with Gasteiger partial charge < -0.3 is 20.3 Å². The second kappa shape index (κ2) is 8.69. The number of benzene rings is 2. The number of amides is 2. The summed E-state index contributed by atoms with van der Waals surface area (Å²) in [5.74, 6) is 0.300. The summed E-state index contributed by atoms with van der Waals surface area (Å²) in [4.78, 5) is 14.1. The Balaban J connectivity index is 2.01. The van der Waals surface area contributed by atoms with E-state index in [1.54, 1.807) is 7.11 Å². The smallest absolute Gasteiger partial charge is 0.319 e. The average molecular weight is 366 g/mol. The summed E-state index contributed by atoms with van der Waals surface area (Å²) >= 11 is 5.91. The van der Waals surface area contributed by atoms with Crippen LogP contribution in [0.1, 0.15) is 11.6 Å². The van der Waals surface area contributed by atoms with Crippen molar-refractivity contribution in [1.82, 2.24) is 10.2 Å². The number of hydrogen-bond acceptors (Lipinski definition) is 3. The van der Waals surface area contributed by atoms with Crippen molar-refractivity contribution in [2.75, 3.05) is 33.1 Å². The van der Waals surface area contributed by atoms with Crippen LogP contribution in [0.3, 0.4) is 0 Å². The highest BCUT2D eigenvalue weighted by atomic mass is 35.5. The molecule has 0 heterocycles. The third kappa shape index (κ3) is 5.34. The molecule has 2 N–H and O–H groups in total. The first kappa shape index (κ1) is 19.0. The summed E-state index contributed by atoms with van der Waals surface area (Å²) in [6, 6.07) is 11.0. The van der Waals surface area contributed by atoms with Gasteiger partial charge in [-0.05, 0) is 50.0 Å². The molecule has 0 aliphatic rings. The fourth-order valence-corrected chi connectivity index (χ4v) is 2.61. The molecule has 2 amide bonds. The standard InChI is InChI=1S/C18H21ClFN3O2/c1-23(2)17(12-5-4-6-14(9-12)25-3)11-21-18(24)22-16-8-7-13(20)10-15(16)19/h4-10,17H,11H2,1-3H3,(H2,21,22,24). The summed E-state index contributed by atoms with van der Waals surface area (Å²) in [5.41, 5.74) is 1.37. The van der Waals surface area contributed by atoms with Crippen molar-refractivity contribution in [3.8, 4) is 5.75 Å². The molecule has 0 saturated carbocycles. The van der Waals surface area contributed by atoms with Gasteiger partial charge >= 0.3 is 6.03 Å². The van der Waals surface area contributed by atoms with Crippen molar-refractivity contribution in [3.05, 3.63) is 58.9 Å². The Hall–Kier alpha value is -2.31. The molecule has 2 rings (SSSR count). The highest BCUT2D eigenvalue weighted by Gasteiger charge is 2.16. The Kier molecular flexibility index (Phi) is 6.61. The number of nitrogens with zero attached hydrogens (tertiary/aromatic N) is 1. The van der Waals surface area contributed by atoms with Gasteiger partial charge in [-0.2, -0.15) is 0 Å². The van der Waals surface area contributed by atoms with Gasteiger partial charge in [0.1, 0.15) is 11.6 Å². The lowest BCUT2D eigenvalue weighted by Crippen LogP contribution is -2.37. The molecule has 0 fully saturated rings. The van der Waals surface area contributed by atoms with Gasteiger partial charge in [-0.15, -0.1) is 0 Å². The van der Waals surface area contributed by atoms with E-state index in [4.69, 9.17) is 16.3 Å². The predicted octanol–water partition coefficient (Wildman–Crippen LogP) is 3.91. The SMILES string of the molecule is COc1cccc(C(CNC(=O)Nc2ccc(F)cc2Cl)N(C)C)c1. The molecule has 0 aromatic heterocycles. The number of halogens is 2. The highest BCUT2D eigenvalue weighted by molar-refractivity contribution is 6.33. The number of carbonyl (C=O) groups excluding carboxylic acids is 1. The summed E-state index contributed by atoms with van der Waals surface area (Å²) in [6.07, 6.45) is 0. The number of hydrogen-bond donors (Lipinski definition) is 2. The largest absolute Gasteiger partial charge is 0.497 e. The number of urea groups is 1. The number of nitrogens with one attached hydrogen (secondary N) is 2. The first-order valence-electron chi connectivity index (χ1n) is 7.71. The molecular formula is C18H21ClFN3O2. The fraction of sp³-hybridized carbons (Fsp3) is 0.278. The number of rotatable bonds is 6. The predicted molar refractivity (Wildman–Crippen MR) is 97.9 cm³/mol. The third-order valence-electron chi connectivity index (χ3n) is 3.74. The van der Waals surface area contributed by atoms with Gasteiger partial charge in [0.2, 0.25) is 0 Å². The van der Waals surface area contributed by atoms with Crippen LogP contribution >= 0.6 is 11.6 Å². The average Bonchev–Trinajstić information content (AvgIpc) is 2.57. The van der Waals surface area contributed by atoms with E-state index in [0.29, 0.717) is 12.2 Å². The maximum absolute atomic E-state index is 13.0. The monoisotopic (exact) mass is 365 g/mol. The Morgan fingerprint density at radius 3 is 2.68 bits per heavy atom. The quantitative estimate of drug-likeness (QED) is 0.816. The third-order valence-corrected chi connectivity index (χ3v) is 4.05. The van der Waals surface area contributed by atoms with Crippen molar-refractivity contribution in [2.45, 2.75) is 6.04 Å². The Bertz CT molecular complexity index is 740. The molecule has 0 bridgehead atoms. The minimum atomic E-state index is -0.457. The summed E-state index contributed by atoms with van der Waals surface area (Å²) < 4.78 is 18.3. The van der Waals surface area contributed by atoms with E-state index in [9.17, 15) is 9.18 Å². The molecule has 1 unspecified atom stereocenters. The Morgan fingerprint density at radius 2 is 2.04 bits per heavy atom. The van der Waals surface area contributed by atoms with E-state index in [1.807, 2.05) is 43.3 Å². The number of carbonyl (C=O) groups is 1. The molecule has 2 aromatic carbocycles. The maximum atomic E-state index is 13.0. The van der Waals surface area contributed by atoms with Crippen molar-refractivity contribution in [3.63, 3.8) is 0 Å². The number of anilines is 1. The summed E-state index contributed by atoms with van der Waals surface area (Å²) in [7, 11) is 5.48. The molecule has 1 atom stereocenters. The molecule has 0 spiro atoms. The van der Waals surface area contributed by atoms with Crippen molar-refractivity contribution in [2.24, 2.45) is 0 Å². The van der Waals surface area contributed by atoms with Crippen LogP contribution in [0.2, 0.25) is 5.02 Å². The van der Waals surface area contributed by atoms with Gasteiger partial charge in [0.15, 0.2) is 0 Å². The van der Waals surface area contributed by atoms with E-state index in [1.165, 1.54) is 12.1 Å². The second-order valence-electron chi connectivity index (χ2n) is 5.72. The van der Waals surface area contributed by atoms with Crippen LogP contribution in [0.4, 0.5) is 14.9 Å². The molecule has 7 heteroatoms. The zero-order chi connectivity index (χ0) is 18.4. The zero-order valence-corrected chi connectivity index (χ0v) is 15.1. The zero-order valence-electron chi connectivity index (χ0n) is 14.3. The molecule has 0 aliphatic heterocycles. The minimum Gasteiger partial charge on any atom is -0.497 e. The first-order chi connectivity index (χ1) is 11.9. The molecule has 0 aliphatic carbocycles. The lowest BCUT2D eigenvalue weighted by Gasteiger charge is -2.25. The topological polar surface area (TPSA) is 53.6 Å². The van der Waals surface area contributed by atoms with Crippen LogP contribution in [-0.2, 0) is 0 Å². The summed E-state index contributed by atoms with van der Waals surface area (Å²) in [5, 5.41) is 5.56. The van der Waals surface area contributed by atoms with Gasteiger partial charge in [-0.25, -0.2) is 9.18 Å². The molecular weight excluding hydrogens is 345 g/mol. The van der Waals surface area contributed by atoms with E-state index in [0.717, 1.165) is 17.4 Å². The molecule has 25 heavy (non-hydrogen) atoms. The first-order valence-corrected chi connectivity index (χ1v) is 8.08. The van der Waals surface area contributed by atoms with Crippen LogP contribution < -0.4 is 15.4 Å². The second-order valence-corrected chi connectivity index (χ2v) is 6.12. The normalized spacial score (nSPS) is 11.9. The Labute approximate surface area is 151 Å². The number of likely N-dealkylation sites (N-methyl/N-ethyl adjacent to an activating group) is 1. The van der Waals surface area contributed by atoms with E-state index < -0.39 is 11.8 Å². The van der Waals surface area contributed by atoms with E-state index >= 15 is 0 Å². The molecule has 2 aromatic rings. The minimum absolute atomic E-state index is 0.0375. The van der Waals surface area contributed by atoms with Crippen molar-refractivity contribution >= 4 is 23.3 Å². The molecule has 0 saturated heterocycles. The van der Waals surface area contributed by atoms with Crippen LogP contribution in [-0.4, -0.2) is 38.7 Å². The van der Waals surface area contributed by atoms with Crippen LogP contribution in [0.5, 0.6) is 5.75 Å². The van der Waals surface area contributed by atoms with Gasteiger partial charge in [0.25, 0.3) is 0 Å².